The van der Waals surface area contributed by atoms with E-state index in [9.17, 15) is 8.42 Å². The molecule has 0 bridgehead atoms. The number of aryl methyl sites for hydroxylation is 1. The fourth-order valence-corrected chi connectivity index (χ4v) is 11.3. The van der Waals surface area contributed by atoms with Crippen LogP contribution in [0.2, 0.25) is 0 Å². The number of rotatable bonds is 16. The summed E-state index contributed by atoms with van der Waals surface area (Å²) in [5.74, 6) is 2.15. The quantitative estimate of drug-likeness (QED) is 0.115. The molecule has 7 nitrogen and oxygen atoms in total. The van der Waals surface area contributed by atoms with Crippen molar-refractivity contribution in [3.63, 3.8) is 0 Å². The first-order chi connectivity index (χ1) is 18.8. The Kier molecular flexibility index (Phi) is 12.2. The molecule has 3 aromatic rings. The Morgan fingerprint density at radius 1 is 0.718 bits per heavy atom. The zero-order chi connectivity index (χ0) is 28.3. The molecule has 0 amide bonds. The molecule has 0 heterocycles. The summed E-state index contributed by atoms with van der Waals surface area (Å²) >= 11 is -3.16. The van der Waals surface area contributed by atoms with E-state index in [4.69, 9.17) is 21.5 Å². The Hall–Kier alpha value is -2.50. The number of halogens is 1. The second kappa shape index (κ2) is 15.3. The molecule has 0 aromatic heterocycles. The van der Waals surface area contributed by atoms with Gasteiger partial charge in [0.2, 0.25) is 0 Å². The normalized spacial score (nSPS) is 11.7. The Balaban J connectivity index is 1.92. The van der Waals surface area contributed by atoms with Gasteiger partial charge in [-0.2, -0.15) is 0 Å². The van der Waals surface area contributed by atoms with Crippen LogP contribution in [0.1, 0.15) is 51.0 Å². The van der Waals surface area contributed by atoms with Gasteiger partial charge in [0, 0.05) is 0 Å². The molecule has 0 aliphatic rings. The molecule has 0 aliphatic carbocycles. The van der Waals surface area contributed by atoms with E-state index in [1.54, 1.807) is 43.5 Å². The molecule has 0 radical (unpaired) electrons. The summed E-state index contributed by atoms with van der Waals surface area (Å²) in [5, 5.41) is 0. The molecule has 39 heavy (non-hydrogen) atoms. The van der Waals surface area contributed by atoms with Gasteiger partial charge >= 0.3 is 235 Å². The van der Waals surface area contributed by atoms with Gasteiger partial charge in [0.25, 0.3) is 0 Å². The average Bonchev–Trinajstić information content (AvgIpc) is 2.95. The topological polar surface area (TPSA) is 80.3 Å². The van der Waals surface area contributed by atoms with Crippen LogP contribution in [0.25, 0.3) is 0 Å². The second-order valence-electron chi connectivity index (χ2n) is 9.00. The monoisotopic (exact) mass is 670 g/mol. The minimum atomic E-state index is -4.08. The van der Waals surface area contributed by atoms with Crippen molar-refractivity contribution < 1.29 is 29.9 Å². The van der Waals surface area contributed by atoms with Gasteiger partial charge in [-0.15, -0.1) is 0 Å². The van der Waals surface area contributed by atoms with Gasteiger partial charge in [-0.3, -0.25) is 0 Å². The number of methoxy groups -OCH3 is 3. The van der Waals surface area contributed by atoms with Gasteiger partial charge in [0.05, 0.1) is 0 Å². The molecule has 0 N–H and O–H groups in total. The van der Waals surface area contributed by atoms with Crippen molar-refractivity contribution in [2.45, 2.75) is 57.3 Å². The Bertz CT molecular complexity index is 1250. The summed E-state index contributed by atoms with van der Waals surface area (Å²) in [6, 6.07) is 17.5. The maximum atomic E-state index is 13.4. The molecule has 0 atom stereocenters. The van der Waals surface area contributed by atoms with Crippen LogP contribution >= 0.6 is 20.2 Å². The van der Waals surface area contributed by atoms with E-state index >= 15 is 0 Å². The van der Waals surface area contributed by atoms with Gasteiger partial charge < -0.3 is 0 Å². The number of unbranched alkanes of at least 4 members (excludes halogenated alkanes) is 5. The van der Waals surface area contributed by atoms with Crippen LogP contribution in [-0.2, 0) is 12.6 Å². The van der Waals surface area contributed by atoms with Gasteiger partial charge in [0.15, 0.2) is 0 Å². The van der Waals surface area contributed by atoms with E-state index in [0.717, 1.165) is 27.7 Å². The zero-order valence-corrected chi connectivity index (χ0v) is 26.3. The van der Waals surface area contributed by atoms with Crippen LogP contribution in [0.15, 0.2) is 65.6 Å². The summed E-state index contributed by atoms with van der Waals surface area (Å²) in [4.78, 5) is 0.0979. The van der Waals surface area contributed by atoms with Crippen molar-refractivity contribution in [1.82, 2.24) is 0 Å². The van der Waals surface area contributed by atoms with Crippen molar-refractivity contribution in [2.75, 3.05) is 27.9 Å². The van der Waals surface area contributed by atoms with Crippen LogP contribution in [0.3, 0.4) is 0 Å². The third-order valence-corrected chi connectivity index (χ3v) is 13.6. The van der Waals surface area contributed by atoms with Crippen molar-refractivity contribution in [1.29, 1.82) is 0 Å². The third kappa shape index (κ3) is 8.74. The van der Waals surface area contributed by atoms with E-state index < -0.39 is 30.4 Å². The van der Waals surface area contributed by atoms with Crippen molar-refractivity contribution in [3.8, 4) is 23.0 Å². The van der Waals surface area contributed by atoms with Gasteiger partial charge in [0.1, 0.15) is 0 Å². The Morgan fingerprint density at radius 3 is 1.87 bits per heavy atom. The minimum absolute atomic E-state index is 0.0979. The summed E-state index contributed by atoms with van der Waals surface area (Å²) < 4.78 is 57.0. The molecule has 0 unspecified atom stereocenters. The molecular formula is C30H39IO7S. The van der Waals surface area contributed by atoms with Crippen molar-refractivity contribution in [3.05, 3.63) is 73.4 Å². The Morgan fingerprint density at radius 2 is 1.31 bits per heavy atom. The first-order valence-corrected chi connectivity index (χ1v) is 17.5. The van der Waals surface area contributed by atoms with Crippen LogP contribution in [-0.4, -0.2) is 36.4 Å². The molecule has 0 spiro atoms. The molecule has 0 aliphatic heterocycles. The predicted molar refractivity (Wildman–Crippen MR) is 162 cm³/mol. The molecule has 0 saturated heterocycles. The predicted octanol–water partition coefficient (Wildman–Crippen LogP) is 7.63. The molecule has 9 heteroatoms. The van der Waals surface area contributed by atoms with Gasteiger partial charge in [-0.05, 0) is 0 Å². The number of ether oxygens (including phenoxy) is 4. The van der Waals surface area contributed by atoms with E-state index in [2.05, 4.69) is 6.92 Å². The molecule has 3 rings (SSSR count). The number of benzene rings is 3. The SMILES string of the molecule is CCCCCCCCOc1ccc(I(OS(=O)(=O)c2ccc(C)cc2)c2c(OC)cc(OC)cc2OC)cc1. The molecular weight excluding hydrogens is 631 g/mol. The van der Waals surface area contributed by atoms with E-state index in [1.807, 2.05) is 31.2 Å². The molecule has 214 valence electrons. The number of hydrogen-bond acceptors (Lipinski definition) is 7. The zero-order valence-electron chi connectivity index (χ0n) is 23.4. The fraction of sp³-hybridized carbons (Fsp3) is 0.400. The summed E-state index contributed by atoms with van der Waals surface area (Å²) in [6.45, 7) is 4.76. The first kappa shape index (κ1) is 31.0. The fourth-order valence-electron chi connectivity index (χ4n) is 3.85. The third-order valence-electron chi connectivity index (χ3n) is 6.06. The van der Waals surface area contributed by atoms with E-state index in [1.165, 1.54) is 39.9 Å². The molecule has 0 saturated carbocycles. The van der Waals surface area contributed by atoms with E-state index in [0.29, 0.717) is 27.4 Å². The first-order valence-electron chi connectivity index (χ1n) is 13.1. The van der Waals surface area contributed by atoms with Crippen LogP contribution < -0.4 is 18.9 Å². The number of hydrogen-bond donors (Lipinski definition) is 0. The van der Waals surface area contributed by atoms with Gasteiger partial charge in [-0.1, -0.05) is 6.92 Å². The standard InChI is InChI=1S/C30H39IO7S/c1-6-7-8-9-10-11-20-37-25-16-14-24(15-17-25)31(38-39(32,33)27-18-12-23(2)13-19-27)30-28(35-4)21-26(34-3)22-29(30)36-5/h12-19,21-22H,6-11,20H2,1-5H3. The van der Waals surface area contributed by atoms with Crippen LogP contribution in [0.5, 0.6) is 23.0 Å². The maximum absolute atomic E-state index is 13.4. The summed E-state index contributed by atoms with van der Waals surface area (Å²) in [7, 11) is 0.523. The molecule has 0 fully saturated rings. The van der Waals surface area contributed by atoms with Crippen molar-refractivity contribution in [2.24, 2.45) is 0 Å². The van der Waals surface area contributed by atoms with Crippen molar-refractivity contribution >= 4 is 30.4 Å². The summed E-state index contributed by atoms with van der Waals surface area (Å²) in [5.41, 5.74) is 0.958. The summed E-state index contributed by atoms with van der Waals surface area (Å²) in [6.07, 6.45) is 7.15. The Labute approximate surface area is 240 Å². The molecule has 3 aromatic carbocycles. The second-order valence-corrected chi connectivity index (χ2v) is 15.3. The van der Waals surface area contributed by atoms with Gasteiger partial charge in [-0.25, -0.2) is 0 Å². The van der Waals surface area contributed by atoms with Crippen LogP contribution in [0.4, 0.5) is 0 Å². The average molecular weight is 671 g/mol. The van der Waals surface area contributed by atoms with Crippen LogP contribution in [0, 0.1) is 14.1 Å². The van der Waals surface area contributed by atoms with E-state index in [-0.39, 0.29) is 4.90 Å².